The molecule has 2 heterocycles. The van der Waals surface area contributed by atoms with Gasteiger partial charge in [-0.1, -0.05) is 19.3 Å². The number of hydrogen-bond acceptors (Lipinski definition) is 5. The van der Waals surface area contributed by atoms with Crippen LogP contribution in [0.15, 0.2) is 0 Å². The fraction of sp³-hybridized carbons (Fsp3) is 0.636. The molecule has 1 fully saturated rings. The zero-order valence-electron chi connectivity index (χ0n) is 18.5. The van der Waals surface area contributed by atoms with E-state index >= 15 is 0 Å². The molecule has 0 aromatic carbocycles. The molecule has 164 valence electrons. The van der Waals surface area contributed by atoms with E-state index in [-0.39, 0.29) is 17.7 Å². The Morgan fingerprint density at radius 2 is 1.83 bits per heavy atom. The Labute approximate surface area is 177 Å². The molecule has 8 heteroatoms. The summed E-state index contributed by atoms with van der Waals surface area (Å²) >= 11 is 0. The zero-order valence-corrected chi connectivity index (χ0v) is 18.5. The van der Waals surface area contributed by atoms with Gasteiger partial charge in [0.15, 0.2) is 5.65 Å². The predicted molar refractivity (Wildman–Crippen MR) is 115 cm³/mol. The van der Waals surface area contributed by atoms with E-state index in [0.717, 1.165) is 53.5 Å². The molecule has 8 nitrogen and oxygen atoms in total. The summed E-state index contributed by atoms with van der Waals surface area (Å²) in [6, 6.07) is 0. The highest BCUT2D eigenvalue weighted by Crippen LogP contribution is 2.30. The van der Waals surface area contributed by atoms with E-state index < -0.39 is 0 Å². The van der Waals surface area contributed by atoms with Crippen molar-refractivity contribution in [2.24, 2.45) is 13.0 Å². The van der Waals surface area contributed by atoms with Gasteiger partial charge in [-0.05, 0) is 44.2 Å². The van der Waals surface area contributed by atoms with Crippen LogP contribution in [0.2, 0.25) is 0 Å². The first-order chi connectivity index (χ1) is 14.4. The summed E-state index contributed by atoms with van der Waals surface area (Å²) < 4.78 is 7.11. The molecule has 2 aromatic rings. The van der Waals surface area contributed by atoms with E-state index in [1.165, 1.54) is 6.42 Å². The van der Waals surface area contributed by atoms with E-state index in [1.807, 2.05) is 20.9 Å². The van der Waals surface area contributed by atoms with Gasteiger partial charge in [0.25, 0.3) is 0 Å². The summed E-state index contributed by atoms with van der Waals surface area (Å²) in [4.78, 5) is 29.1. The van der Waals surface area contributed by atoms with Crippen LogP contribution in [-0.4, -0.2) is 46.8 Å². The highest BCUT2D eigenvalue weighted by molar-refractivity contribution is 5.86. The minimum Gasteiger partial charge on any atom is -0.479 e. The molecular formula is C22H33N5O3. The highest BCUT2D eigenvalue weighted by Gasteiger charge is 2.21. The lowest BCUT2D eigenvalue weighted by molar-refractivity contribution is -0.126. The summed E-state index contributed by atoms with van der Waals surface area (Å²) in [6.07, 6.45) is 6.44. The van der Waals surface area contributed by atoms with Crippen LogP contribution in [0.3, 0.4) is 0 Å². The smallest absolute Gasteiger partial charge is 0.242 e. The topological polar surface area (TPSA) is 98.1 Å². The number of pyridine rings is 1. The first kappa shape index (κ1) is 22.1. The lowest BCUT2D eigenvalue weighted by Crippen LogP contribution is -2.38. The Morgan fingerprint density at radius 1 is 1.13 bits per heavy atom. The van der Waals surface area contributed by atoms with Crippen molar-refractivity contribution in [3.8, 4) is 5.88 Å². The van der Waals surface area contributed by atoms with Crippen LogP contribution >= 0.6 is 0 Å². The van der Waals surface area contributed by atoms with E-state index in [1.54, 1.807) is 11.8 Å². The van der Waals surface area contributed by atoms with Gasteiger partial charge in [0.05, 0.1) is 12.5 Å². The second-order valence-electron chi connectivity index (χ2n) is 8.11. The second kappa shape index (κ2) is 9.91. The Hall–Kier alpha value is -2.64. The third kappa shape index (κ3) is 4.91. The Balaban J connectivity index is 1.50. The number of nitrogens with zero attached hydrogens (tertiary/aromatic N) is 3. The number of aromatic nitrogens is 3. The van der Waals surface area contributed by atoms with Crippen LogP contribution in [0, 0.1) is 19.8 Å². The number of nitrogens with one attached hydrogen (secondary N) is 2. The van der Waals surface area contributed by atoms with Crippen LogP contribution < -0.4 is 15.4 Å². The van der Waals surface area contributed by atoms with Crippen LogP contribution in [0.1, 0.15) is 55.3 Å². The van der Waals surface area contributed by atoms with Crippen molar-refractivity contribution in [2.75, 3.05) is 20.2 Å². The number of amides is 2. The number of ether oxygens (including phenoxy) is 1. The quantitative estimate of drug-likeness (QED) is 0.645. The highest BCUT2D eigenvalue weighted by atomic mass is 16.5. The van der Waals surface area contributed by atoms with Gasteiger partial charge in [0, 0.05) is 38.2 Å². The van der Waals surface area contributed by atoms with Gasteiger partial charge in [-0.15, -0.1) is 5.10 Å². The molecule has 2 N–H and O–H groups in total. The number of fused-ring (bicyclic) bond motifs is 1. The summed E-state index contributed by atoms with van der Waals surface area (Å²) in [5.74, 6) is 0.795. The van der Waals surface area contributed by atoms with E-state index in [2.05, 4.69) is 20.7 Å². The maximum absolute atomic E-state index is 12.3. The van der Waals surface area contributed by atoms with E-state index in [4.69, 9.17) is 4.74 Å². The first-order valence-electron chi connectivity index (χ1n) is 10.8. The molecule has 30 heavy (non-hydrogen) atoms. The lowest BCUT2D eigenvalue weighted by atomic mass is 9.89. The SMILES string of the molecule is COc1nn(C)c2nc(C)c(CCC(=O)NCCNC(=O)C3CCCCC3)c(C)c12. The van der Waals surface area contributed by atoms with Crippen molar-refractivity contribution >= 4 is 22.8 Å². The molecule has 3 rings (SSSR count). The average molecular weight is 416 g/mol. The minimum absolute atomic E-state index is 0.0287. The number of aryl methyl sites for hydroxylation is 3. The largest absolute Gasteiger partial charge is 0.479 e. The number of methoxy groups -OCH3 is 1. The summed E-state index contributed by atoms with van der Waals surface area (Å²) in [5, 5.41) is 11.1. The van der Waals surface area contributed by atoms with Gasteiger partial charge in [0.2, 0.25) is 17.7 Å². The molecule has 0 radical (unpaired) electrons. The molecule has 1 saturated carbocycles. The van der Waals surface area contributed by atoms with Gasteiger partial charge < -0.3 is 15.4 Å². The molecule has 0 spiro atoms. The average Bonchev–Trinajstić information content (AvgIpc) is 3.07. The number of carbonyl (C=O) groups excluding carboxylic acids is 2. The molecule has 0 bridgehead atoms. The van der Waals surface area contributed by atoms with Crippen LogP contribution in [-0.2, 0) is 23.1 Å². The number of hydrogen-bond donors (Lipinski definition) is 2. The normalized spacial score (nSPS) is 14.7. The predicted octanol–water partition coefficient (Wildman–Crippen LogP) is 2.34. The third-order valence-corrected chi connectivity index (χ3v) is 6.04. The van der Waals surface area contributed by atoms with Crippen molar-refractivity contribution in [3.05, 3.63) is 16.8 Å². The zero-order chi connectivity index (χ0) is 21.7. The van der Waals surface area contributed by atoms with Gasteiger partial charge >= 0.3 is 0 Å². The van der Waals surface area contributed by atoms with Crippen molar-refractivity contribution in [1.29, 1.82) is 0 Å². The molecule has 2 aromatic heterocycles. The number of rotatable bonds is 8. The molecule has 0 aliphatic heterocycles. The first-order valence-corrected chi connectivity index (χ1v) is 10.8. The molecule has 0 unspecified atom stereocenters. The maximum Gasteiger partial charge on any atom is 0.242 e. The van der Waals surface area contributed by atoms with Gasteiger partial charge in [-0.3, -0.25) is 9.59 Å². The minimum atomic E-state index is -0.0287. The summed E-state index contributed by atoms with van der Waals surface area (Å²) in [7, 11) is 3.44. The van der Waals surface area contributed by atoms with E-state index in [9.17, 15) is 9.59 Å². The second-order valence-corrected chi connectivity index (χ2v) is 8.11. The van der Waals surface area contributed by atoms with Gasteiger partial charge in [0.1, 0.15) is 0 Å². The molecule has 0 saturated heterocycles. The molecular weight excluding hydrogens is 382 g/mol. The van der Waals surface area contributed by atoms with Crippen molar-refractivity contribution < 1.29 is 14.3 Å². The van der Waals surface area contributed by atoms with Crippen LogP contribution in [0.4, 0.5) is 0 Å². The van der Waals surface area contributed by atoms with Crippen LogP contribution in [0.5, 0.6) is 5.88 Å². The maximum atomic E-state index is 12.3. The van der Waals surface area contributed by atoms with Crippen LogP contribution in [0.25, 0.3) is 11.0 Å². The Morgan fingerprint density at radius 3 is 2.53 bits per heavy atom. The van der Waals surface area contributed by atoms with Crippen molar-refractivity contribution in [2.45, 2.75) is 58.8 Å². The summed E-state index contributed by atoms with van der Waals surface area (Å²) in [6.45, 7) is 4.90. The summed E-state index contributed by atoms with van der Waals surface area (Å²) in [5.41, 5.74) is 3.78. The number of carbonyl (C=O) groups is 2. The van der Waals surface area contributed by atoms with E-state index in [0.29, 0.717) is 31.8 Å². The van der Waals surface area contributed by atoms with Crippen molar-refractivity contribution in [3.63, 3.8) is 0 Å². The molecule has 1 aliphatic carbocycles. The molecule has 2 amide bonds. The van der Waals surface area contributed by atoms with Crippen molar-refractivity contribution in [1.82, 2.24) is 25.4 Å². The fourth-order valence-corrected chi connectivity index (χ4v) is 4.33. The lowest BCUT2D eigenvalue weighted by Gasteiger charge is -2.20. The standard InChI is InChI=1S/C22H33N5O3/c1-14-17(15(2)25-20-19(14)22(30-4)26-27(20)3)10-11-18(28)23-12-13-24-21(29)16-8-6-5-7-9-16/h16H,5-13H2,1-4H3,(H,23,28)(H,24,29). The fourth-order valence-electron chi connectivity index (χ4n) is 4.33. The van der Waals surface area contributed by atoms with Gasteiger partial charge in [-0.2, -0.15) is 0 Å². The molecule has 1 aliphatic rings. The monoisotopic (exact) mass is 415 g/mol. The van der Waals surface area contributed by atoms with Gasteiger partial charge in [-0.25, -0.2) is 9.67 Å². The third-order valence-electron chi connectivity index (χ3n) is 6.04. The molecule has 0 atom stereocenters. The Bertz CT molecular complexity index is 915. The Kier molecular flexibility index (Phi) is 7.29.